The first kappa shape index (κ1) is 22.8. The number of benzene rings is 2. The zero-order valence-electron chi connectivity index (χ0n) is 17.3. The lowest BCUT2D eigenvalue weighted by molar-refractivity contribution is -0.135. The molecule has 0 bridgehead atoms. The second-order valence-corrected chi connectivity index (χ2v) is 10.3. The average Bonchev–Trinajstić information content (AvgIpc) is 2.75. The van der Waals surface area contributed by atoms with Crippen LogP contribution in [0.1, 0.15) is 25.3 Å². The van der Waals surface area contributed by atoms with Crippen molar-refractivity contribution in [3.63, 3.8) is 0 Å². The van der Waals surface area contributed by atoms with Crippen molar-refractivity contribution in [2.75, 3.05) is 26.7 Å². The maximum Gasteiger partial charge on any atom is 0.243 e. The molecule has 1 heterocycles. The molecule has 0 unspecified atom stereocenters. The molecule has 0 spiro atoms. The number of ether oxygens (including phenoxy) is 1. The fraction of sp³-hybridized carbons (Fsp3) is 0.409. The van der Waals surface area contributed by atoms with Gasteiger partial charge in [0.1, 0.15) is 5.75 Å². The van der Waals surface area contributed by atoms with E-state index < -0.39 is 10.0 Å². The van der Waals surface area contributed by atoms with Crippen LogP contribution in [0.15, 0.2) is 57.9 Å². The molecule has 6 nitrogen and oxygen atoms in total. The Morgan fingerprint density at radius 2 is 1.70 bits per heavy atom. The summed E-state index contributed by atoms with van der Waals surface area (Å²) in [7, 11) is -1.77. The summed E-state index contributed by atoms with van der Waals surface area (Å²) in [5.74, 6) is 0.558. The predicted molar refractivity (Wildman–Crippen MR) is 120 cm³/mol. The van der Waals surface area contributed by atoms with Gasteiger partial charge < -0.3 is 9.64 Å². The minimum absolute atomic E-state index is 0.0658. The third kappa shape index (κ3) is 5.42. The van der Waals surface area contributed by atoms with Gasteiger partial charge in [-0.2, -0.15) is 4.31 Å². The van der Waals surface area contributed by atoms with Gasteiger partial charge in [-0.1, -0.05) is 28.1 Å². The van der Waals surface area contributed by atoms with E-state index in [0.29, 0.717) is 44.8 Å². The Labute approximate surface area is 187 Å². The first-order chi connectivity index (χ1) is 14.3. The van der Waals surface area contributed by atoms with E-state index in [4.69, 9.17) is 4.74 Å². The summed E-state index contributed by atoms with van der Waals surface area (Å²) in [6, 6.07) is 14.4. The van der Waals surface area contributed by atoms with E-state index in [1.165, 1.54) is 4.31 Å². The molecular formula is C22H27BrN2O4S. The van der Waals surface area contributed by atoms with Gasteiger partial charge in [-0.05, 0) is 61.7 Å². The molecule has 1 fully saturated rings. The Kier molecular flexibility index (Phi) is 7.55. The number of rotatable bonds is 7. The van der Waals surface area contributed by atoms with Crippen LogP contribution >= 0.6 is 15.9 Å². The molecule has 2 aromatic carbocycles. The van der Waals surface area contributed by atoms with Gasteiger partial charge in [-0.25, -0.2) is 8.42 Å². The van der Waals surface area contributed by atoms with E-state index >= 15 is 0 Å². The highest BCUT2D eigenvalue weighted by molar-refractivity contribution is 9.10. The van der Waals surface area contributed by atoms with Crippen molar-refractivity contribution in [1.82, 2.24) is 9.21 Å². The van der Waals surface area contributed by atoms with Crippen LogP contribution in [0.2, 0.25) is 0 Å². The number of carbonyl (C=O) groups excluding carboxylic acids is 1. The fourth-order valence-corrected chi connectivity index (χ4v) is 5.35. The number of sulfonamides is 1. The highest BCUT2D eigenvalue weighted by Gasteiger charge is 2.33. The van der Waals surface area contributed by atoms with Gasteiger partial charge in [-0.3, -0.25) is 4.79 Å². The number of amides is 1. The number of hydrogen-bond donors (Lipinski definition) is 0. The normalized spacial score (nSPS) is 15.7. The lowest BCUT2D eigenvalue weighted by atomic mass is 9.96. The van der Waals surface area contributed by atoms with Crippen molar-refractivity contribution < 1.29 is 17.9 Å². The number of piperidine rings is 1. The molecule has 1 saturated heterocycles. The standard InChI is InChI=1S/C22H27BrN2O4S/c1-3-29-20-8-10-21(11-9-20)30(27,28)25-14-12-18(13-15-25)22(26)24(2)16-17-4-6-19(23)7-5-17/h4-11,18H,3,12-16H2,1-2H3. The first-order valence-electron chi connectivity index (χ1n) is 10.0. The molecule has 2 aromatic rings. The summed E-state index contributed by atoms with van der Waals surface area (Å²) in [6.07, 6.45) is 1.06. The molecule has 8 heteroatoms. The van der Waals surface area contributed by atoms with E-state index in [1.807, 2.05) is 31.2 Å². The molecule has 162 valence electrons. The lowest BCUT2D eigenvalue weighted by Gasteiger charge is -2.32. The van der Waals surface area contributed by atoms with Gasteiger partial charge in [0.2, 0.25) is 15.9 Å². The average molecular weight is 495 g/mol. The van der Waals surface area contributed by atoms with E-state index in [1.54, 1.807) is 36.2 Å². The SMILES string of the molecule is CCOc1ccc(S(=O)(=O)N2CCC(C(=O)N(C)Cc3ccc(Br)cc3)CC2)cc1. The van der Waals surface area contributed by atoms with Crippen molar-refractivity contribution in [2.24, 2.45) is 5.92 Å². The van der Waals surface area contributed by atoms with Gasteiger partial charge in [0.25, 0.3) is 0 Å². The molecule has 0 radical (unpaired) electrons. The van der Waals surface area contributed by atoms with Crippen LogP contribution < -0.4 is 4.74 Å². The Balaban J connectivity index is 1.57. The quantitative estimate of drug-likeness (QED) is 0.585. The third-order valence-corrected chi connectivity index (χ3v) is 7.73. The summed E-state index contributed by atoms with van der Waals surface area (Å²) in [6.45, 7) is 3.64. The largest absolute Gasteiger partial charge is 0.494 e. The van der Waals surface area contributed by atoms with E-state index in [9.17, 15) is 13.2 Å². The molecule has 1 amide bonds. The summed E-state index contributed by atoms with van der Waals surface area (Å²) >= 11 is 3.41. The summed E-state index contributed by atoms with van der Waals surface area (Å²) < 4.78 is 33.7. The van der Waals surface area contributed by atoms with Crippen LogP contribution in [0.3, 0.4) is 0 Å². The van der Waals surface area contributed by atoms with Crippen molar-refractivity contribution >= 4 is 31.9 Å². The third-order valence-electron chi connectivity index (χ3n) is 5.28. The van der Waals surface area contributed by atoms with Gasteiger partial charge in [0.05, 0.1) is 11.5 Å². The molecule has 0 atom stereocenters. The lowest BCUT2D eigenvalue weighted by Crippen LogP contribution is -2.43. The maximum atomic E-state index is 12.9. The highest BCUT2D eigenvalue weighted by Crippen LogP contribution is 2.26. The fourth-order valence-electron chi connectivity index (χ4n) is 3.62. The van der Waals surface area contributed by atoms with Crippen LogP contribution in [0.5, 0.6) is 5.75 Å². The van der Waals surface area contributed by atoms with Crippen LogP contribution in [-0.2, 0) is 21.4 Å². The van der Waals surface area contributed by atoms with E-state index in [-0.39, 0.29) is 16.7 Å². The smallest absolute Gasteiger partial charge is 0.243 e. The van der Waals surface area contributed by atoms with Crippen LogP contribution in [0.4, 0.5) is 0 Å². The first-order valence-corrected chi connectivity index (χ1v) is 12.3. The van der Waals surface area contributed by atoms with Gasteiger partial charge in [-0.15, -0.1) is 0 Å². The molecular weight excluding hydrogens is 468 g/mol. The van der Waals surface area contributed by atoms with Crippen molar-refractivity contribution in [3.8, 4) is 5.75 Å². The molecule has 0 saturated carbocycles. The minimum atomic E-state index is -3.57. The zero-order valence-corrected chi connectivity index (χ0v) is 19.7. The van der Waals surface area contributed by atoms with Crippen molar-refractivity contribution in [1.29, 1.82) is 0 Å². The predicted octanol–water partition coefficient (Wildman–Crippen LogP) is 3.91. The molecule has 0 N–H and O–H groups in total. The van der Waals surface area contributed by atoms with Crippen LogP contribution in [0, 0.1) is 5.92 Å². The van der Waals surface area contributed by atoms with E-state index in [0.717, 1.165) is 10.0 Å². The molecule has 1 aliphatic rings. The second kappa shape index (κ2) is 9.94. The number of carbonyl (C=O) groups is 1. The van der Waals surface area contributed by atoms with Crippen LogP contribution in [0.25, 0.3) is 0 Å². The minimum Gasteiger partial charge on any atom is -0.494 e. The topological polar surface area (TPSA) is 66.9 Å². The molecule has 30 heavy (non-hydrogen) atoms. The van der Waals surface area contributed by atoms with Crippen molar-refractivity contribution in [2.45, 2.75) is 31.2 Å². The second-order valence-electron chi connectivity index (χ2n) is 7.40. The van der Waals surface area contributed by atoms with Gasteiger partial charge >= 0.3 is 0 Å². The van der Waals surface area contributed by atoms with Gasteiger partial charge in [0.15, 0.2) is 0 Å². The monoisotopic (exact) mass is 494 g/mol. The number of nitrogens with zero attached hydrogens (tertiary/aromatic N) is 2. The Morgan fingerprint density at radius 1 is 1.10 bits per heavy atom. The number of halogens is 1. The maximum absolute atomic E-state index is 12.9. The molecule has 3 rings (SSSR count). The summed E-state index contributed by atoms with van der Waals surface area (Å²) in [5, 5.41) is 0. The number of hydrogen-bond acceptors (Lipinski definition) is 4. The Hall–Kier alpha value is -1.90. The summed E-state index contributed by atoms with van der Waals surface area (Å²) in [5.41, 5.74) is 1.06. The summed E-state index contributed by atoms with van der Waals surface area (Å²) in [4.78, 5) is 14.8. The molecule has 0 aromatic heterocycles. The van der Waals surface area contributed by atoms with Crippen LogP contribution in [-0.4, -0.2) is 50.3 Å². The zero-order chi connectivity index (χ0) is 21.7. The van der Waals surface area contributed by atoms with Gasteiger partial charge in [0, 0.05) is 37.1 Å². The highest BCUT2D eigenvalue weighted by atomic mass is 79.9. The van der Waals surface area contributed by atoms with E-state index in [2.05, 4.69) is 15.9 Å². The molecule has 0 aliphatic carbocycles. The van der Waals surface area contributed by atoms with Crippen molar-refractivity contribution in [3.05, 3.63) is 58.6 Å². The Morgan fingerprint density at radius 3 is 2.27 bits per heavy atom. The Bertz CT molecular complexity index is 954. The molecule has 1 aliphatic heterocycles.